The highest BCUT2D eigenvalue weighted by molar-refractivity contribution is 9.10. The van der Waals surface area contributed by atoms with Crippen molar-refractivity contribution in [1.82, 2.24) is 0 Å². The van der Waals surface area contributed by atoms with E-state index >= 15 is 0 Å². The molecule has 2 aromatic carbocycles. The van der Waals surface area contributed by atoms with Crippen LogP contribution in [-0.4, -0.2) is 6.04 Å². The lowest BCUT2D eigenvalue weighted by Gasteiger charge is -2.12. The Kier molecular flexibility index (Phi) is 6.09. The van der Waals surface area contributed by atoms with Crippen LogP contribution in [0, 0.1) is 0 Å². The summed E-state index contributed by atoms with van der Waals surface area (Å²) >= 11 is 9.73. The molecule has 0 saturated carbocycles. The summed E-state index contributed by atoms with van der Waals surface area (Å²) in [5.41, 5.74) is 8.20. The SMILES string of the molecule is CCC(N)Cc1ccc(OCc2cccc(Br)c2)c(Cl)c1. The van der Waals surface area contributed by atoms with Crippen LogP contribution in [0.4, 0.5) is 0 Å². The fraction of sp³-hybridized carbons (Fsp3) is 0.294. The van der Waals surface area contributed by atoms with E-state index in [2.05, 4.69) is 22.9 Å². The van der Waals surface area contributed by atoms with Gasteiger partial charge in [0.2, 0.25) is 0 Å². The molecule has 21 heavy (non-hydrogen) atoms. The summed E-state index contributed by atoms with van der Waals surface area (Å²) in [6, 6.07) is 14.1. The standard InChI is InChI=1S/C17H19BrClNO/c1-2-15(20)9-12-6-7-17(16(19)10-12)21-11-13-4-3-5-14(18)8-13/h3-8,10,15H,2,9,11,20H2,1H3. The molecule has 2 aromatic rings. The van der Waals surface area contributed by atoms with Crippen LogP contribution in [0.1, 0.15) is 24.5 Å². The maximum Gasteiger partial charge on any atom is 0.138 e. The van der Waals surface area contributed by atoms with Gasteiger partial charge < -0.3 is 10.5 Å². The highest BCUT2D eigenvalue weighted by Gasteiger charge is 2.06. The smallest absolute Gasteiger partial charge is 0.138 e. The second-order valence-electron chi connectivity index (χ2n) is 5.06. The lowest BCUT2D eigenvalue weighted by atomic mass is 10.0. The summed E-state index contributed by atoms with van der Waals surface area (Å²) in [6.45, 7) is 2.58. The molecule has 0 spiro atoms. The first-order chi connectivity index (χ1) is 10.1. The van der Waals surface area contributed by atoms with Crippen LogP contribution in [-0.2, 0) is 13.0 Å². The third-order valence-electron chi connectivity index (χ3n) is 3.30. The minimum absolute atomic E-state index is 0.175. The van der Waals surface area contributed by atoms with Crippen molar-refractivity contribution in [1.29, 1.82) is 0 Å². The van der Waals surface area contributed by atoms with E-state index in [9.17, 15) is 0 Å². The Labute approximate surface area is 139 Å². The normalized spacial score (nSPS) is 12.2. The molecule has 0 heterocycles. The van der Waals surface area contributed by atoms with Crippen LogP contribution in [0.5, 0.6) is 5.75 Å². The summed E-state index contributed by atoms with van der Waals surface area (Å²) in [6.07, 6.45) is 1.79. The second-order valence-corrected chi connectivity index (χ2v) is 6.38. The molecule has 0 amide bonds. The van der Waals surface area contributed by atoms with E-state index in [0.29, 0.717) is 17.4 Å². The van der Waals surface area contributed by atoms with Crippen LogP contribution >= 0.6 is 27.5 Å². The van der Waals surface area contributed by atoms with E-state index in [-0.39, 0.29) is 6.04 Å². The maximum atomic E-state index is 6.28. The van der Waals surface area contributed by atoms with Gasteiger partial charge in [-0.15, -0.1) is 0 Å². The number of benzene rings is 2. The van der Waals surface area contributed by atoms with Crippen molar-refractivity contribution < 1.29 is 4.74 Å². The minimum atomic E-state index is 0.175. The van der Waals surface area contributed by atoms with Gasteiger partial charge in [-0.2, -0.15) is 0 Å². The zero-order valence-electron chi connectivity index (χ0n) is 12.0. The molecule has 0 saturated heterocycles. The molecule has 0 bridgehead atoms. The zero-order valence-corrected chi connectivity index (χ0v) is 14.3. The molecule has 0 radical (unpaired) electrons. The topological polar surface area (TPSA) is 35.2 Å². The summed E-state index contributed by atoms with van der Waals surface area (Å²) in [5, 5.41) is 0.630. The summed E-state index contributed by atoms with van der Waals surface area (Å²) in [5.74, 6) is 0.700. The van der Waals surface area contributed by atoms with E-state index < -0.39 is 0 Å². The highest BCUT2D eigenvalue weighted by atomic mass is 79.9. The van der Waals surface area contributed by atoms with Crippen LogP contribution in [0.3, 0.4) is 0 Å². The van der Waals surface area contributed by atoms with E-state index in [4.69, 9.17) is 22.1 Å². The zero-order chi connectivity index (χ0) is 15.2. The molecule has 0 fully saturated rings. The molecule has 2 nitrogen and oxygen atoms in total. The Balaban J connectivity index is 2.01. The summed E-state index contributed by atoms with van der Waals surface area (Å²) in [4.78, 5) is 0. The fourth-order valence-corrected chi connectivity index (χ4v) is 2.73. The van der Waals surface area contributed by atoms with Gasteiger partial charge in [-0.3, -0.25) is 0 Å². The monoisotopic (exact) mass is 367 g/mol. The highest BCUT2D eigenvalue weighted by Crippen LogP contribution is 2.27. The van der Waals surface area contributed by atoms with E-state index in [1.165, 1.54) is 0 Å². The molecule has 2 rings (SSSR count). The molecule has 2 N–H and O–H groups in total. The predicted octanol–water partition coefficient (Wildman–Crippen LogP) is 4.96. The molecule has 1 unspecified atom stereocenters. The van der Waals surface area contributed by atoms with Crippen LogP contribution in [0.15, 0.2) is 46.9 Å². The Morgan fingerprint density at radius 1 is 1.19 bits per heavy atom. The number of nitrogens with two attached hydrogens (primary N) is 1. The van der Waals surface area contributed by atoms with Gasteiger partial charge in [0.25, 0.3) is 0 Å². The number of hydrogen-bond donors (Lipinski definition) is 1. The first-order valence-electron chi connectivity index (χ1n) is 6.99. The van der Waals surface area contributed by atoms with Gasteiger partial charge in [0, 0.05) is 10.5 Å². The molecule has 0 aliphatic heterocycles. The van der Waals surface area contributed by atoms with Gasteiger partial charge in [-0.1, -0.05) is 52.7 Å². The molecule has 0 aromatic heterocycles. The molecule has 0 aliphatic carbocycles. The van der Waals surface area contributed by atoms with Gasteiger partial charge >= 0.3 is 0 Å². The predicted molar refractivity (Wildman–Crippen MR) is 91.9 cm³/mol. The number of ether oxygens (including phenoxy) is 1. The van der Waals surface area contributed by atoms with Crippen LogP contribution in [0.25, 0.3) is 0 Å². The quantitative estimate of drug-likeness (QED) is 0.782. The second kappa shape index (κ2) is 7.83. The number of rotatable bonds is 6. The largest absolute Gasteiger partial charge is 0.487 e. The van der Waals surface area contributed by atoms with Crippen molar-refractivity contribution in [3.63, 3.8) is 0 Å². The molecular weight excluding hydrogens is 350 g/mol. The van der Waals surface area contributed by atoms with Gasteiger partial charge in [0.15, 0.2) is 0 Å². The molecule has 0 aliphatic rings. The van der Waals surface area contributed by atoms with Gasteiger partial charge in [0.05, 0.1) is 5.02 Å². The first kappa shape index (κ1) is 16.3. The average molecular weight is 369 g/mol. The van der Waals surface area contributed by atoms with Crippen LogP contribution < -0.4 is 10.5 Å². The first-order valence-corrected chi connectivity index (χ1v) is 8.17. The lowest BCUT2D eigenvalue weighted by molar-refractivity contribution is 0.306. The Morgan fingerprint density at radius 2 is 2.00 bits per heavy atom. The van der Waals surface area contributed by atoms with E-state index in [1.54, 1.807) is 0 Å². The summed E-state index contributed by atoms with van der Waals surface area (Å²) < 4.78 is 6.82. The van der Waals surface area contributed by atoms with Crippen molar-refractivity contribution in [2.24, 2.45) is 5.73 Å². The van der Waals surface area contributed by atoms with Crippen molar-refractivity contribution >= 4 is 27.5 Å². The molecule has 112 valence electrons. The third-order valence-corrected chi connectivity index (χ3v) is 4.09. The molecular formula is C17H19BrClNO. The van der Waals surface area contributed by atoms with Gasteiger partial charge in [-0.25, -0.2) is 0 Å². The number of halogens is 2. The Morgan fingerprint density at radius 3 is 2.67 bits per heavy atom. The Hall–Kier alpha value is -1.03. The van der Waals surface area contributed by atoms with E-state index in [0.717, 1.165) is 28.4 Å². The minimum Gasteiger partial charge on any atom is -0.487 e. The van der Waals surface area contributed by atoms with Crippen molar-refractivity contribution in [3.8, 4) is 5.75 Å². The molecule has 1 atom stereocenters. The summed E-state index contributed by atoms with van der Waals surface area (Å²) in [7, 11) is 0. The fourth-order valence-electron chi connectivity index (χ4n) is 2.02. The van der Waals surface area contributed by atoms with Crippen molar-refractivity contribution in [2.75, 3.05) is 0 Å². The van der Waals surface area contributed by atoms with Gasteiger partial charge in [0.1, 0.15) is 12.4 Å². The van der Waals surface area contributed by atoms with Crippen LogP contribution in [0.2, 0.25) is 5.02 Å². The molecule has 4 heteroatoms. The van der Waals surface area contributed by atoms with E-state index in [1.807, 2.05) is 42.5 Å². The Bertz CT molecular complexity index is 603. The average Bonchev–Trinajstić information content (AvgIpc) is 2.46. The van der Waals surface area contributed by atoms with Crippen molar-refractivity contribution in [3.05, 3.63) is 63.1 Å². The number of hydrogen-bond acceptors (Lipinski definition) is 2. The lowest BCUT2D eigenvalue weighted by Crippen LogP contribution is -2.21. The van der Waals surface area contributed by atoms with Gasteiger partial charge in [-0.05, 0) is 48.2 Å². The third kappa shape index (κ3) is 5.03. The van der Waals surface area contributed by atoms with Crippen molar-refractivity contribution in [2.45, 2.75) is 32.4 Å². The maximum absolute atomic E-state index is 6.28.